The maximum Gasteiger partial charge on any atom is 0.304 e. The lowest BCUT2D eigenvalue weighted by Crippen LogP contribution is -2.40. The molecule has 2 rings (SSSR count). The number of anilines is 1. The Hall–Kier alpha value is -1.62. The highest BCUT2D eigenvalue weighted by molar-refractivity contribution is 5.66. The second-order valence-electron chi connectivity index (χ2n) is 4.62. The van der Waals surface area contributed by atoms with Crippen molar-refractivity contribution >= 4 is 11.8 Å². The molecule has 0 unspecified atom stereocenters. The fourth-order valence-electron chi connectivity index (χ4n) is 2.21. The molecule has 0 bridgehead atoms. The molecule has 1 saturated heterocycles. The minimum absolute atomic E-state index is 0.234. The average molecular weight is 249 g/mol. The van der Waals surface area contributed by atoms with Gasteiger partial charge in [0.25, 0.3) is 0 Å². The summed E-state index contributed by atoms with van der Waals surface area (Å²) in [7, 11) is 0. The third kappa shape index (κ3) is 4.00. The molecule has 2 heterocycles. The standard InChI is InChI=1S/C13H19N3O2/c17-13(18)6-10-16-8-4-11(5-9-16)15-12-3-1-2-7-14-12/h1-3,7,11H,4-6,8-10H2,(H,14,15)(H,17,18). The normalized spacial score (nSPS) is 17.6. The highest BCUT2D eigenvalue weighted by Gasteiger charge is 2.19. The first-order valence-corrected chi connectivity index (χ1v) is 6.36. The first kappa shape index (κ1) is 12.8. The van der Waals surface area contributed by atoms with Crippen LogP contribution in [0.15, 0.2) is 24.4 Å². The summed E-state index contributed by atoms with van der Waals surface area (Å²) in [6.07, 6.45) is 4.09. The summed E-state index contributed by atoms with van der Waals surface area (Å²) >= 11 is 0. The van der Waals surface area contributed by atoms with Gasteiger partial charge in [0, 0.05) is 31.9 Å². The van der Waals surface area contributed by atoms with Gasteiger partial charge < -0.3 is 15.3 Å². The maximum atomic E-state index is 10.5. The Morgan fingerprint density at radius 1 is 1.44 bits per heavy atom. The number of nitrogens with zero attached hydrogens (tertiary/aromatic N) is 2. The summed E-state index contributed by atoms with van der Waals surface area (Å²) in [4.78, 5) is 17.0. The lowest BCUT2D eigenvalue weighted by molar-refractivity contribution is -0.137. The molecule has 2 N–H and O–H groups in total. The number of carboxylic acid groups (broad SMARTS) is 1. The van der Waals surface area contributed by atoms with E-state index in [0.29, 0.717) is 12.6 Å². The number of aliphatic carboxylic acids is 1. The SMILES string of the molecule is O=C(O)CCN1CCC(Nc2ccccn2)CC1. The highest BCUT2D eigenvalue weighted by Crippen LogP contribution is 2.14. The van der Waals surface area contributed by atoms with Crippen LogP contribution in [-0.2, 0) is 4.79 Å². The van der Waals surface area contributed by atoms with E-state index in [1.54, 1.807) is 6.20 Å². The van der Waals surface area contributed by atoms with Gasteiger partial charge in [0.05, 0.1) is 6.42 Å². The molecule has 98 valence electrons. The molecule has 18 heavy (non-hydrogen) atoms. The van der Waals surface area contributed by atoms with Gasteiger partial charge in [-0.15, -0.1) is 0 Å². The molecule has 0 saturated carbocycles. The van der Waals surface area contributed by atoms with Gasteiger partial charge in [-0.25, -0.2) is 4.98 Å². The lowest BCUT2D eigenvalue weighted by Gasteiger charge is -2.32. The molecule has 1 fully saturated rings. The van der Waals surface area contributed by atoms with Gasteiger partial charge in [-0.3, -0.25) is 4.79 Å². The Morgan fingerprint density at radius 2 is 2.22 bits per heavy atom. The molecule has 0 amide bonds. The van der Waals surface area contributed by atoms with Crippen molar-refractivity contribution in [2.75, 3.05) is 25.0 Å². The number of rotatable bonds is 5. The zero-order valence-electron chi connectivity index (χ0n) is 10.4. The van der Waals surface area contributed by atoms with E-state index in [4.69, 9.17) is 5.11 Å². The van der Waals surface area contributed by atoms with E-state index in [1.807, 2.05) is 18.2 Å². The first-order valence-electron chi connectivity index (χ1n) is 6.36. The van der Waals surface area contributed by atoms with Crippen LogP contribution in [-0.4, -0.2) is 46.6 Å². The minimum Gasteiger partial charge on any atom is -0.481 e. The van der Waals surface area contributed by atoms with Crippen LogP contribution in [0, 0.1) is 0 Å². The predicted octanol–water partition coefficient (Wildman–Crippen LogP) is 1.43. The monoisotopic (exact) mass is 249 g/mol. The Balaban J connectivity index is 1.72. The van der Waals surface area contributed by atoms with Crippen molar-refractivity contribution in [3.05, 3.63) is 24.4 Å². The van der Waals surface area contributed by atoms with Gasteiger partial charge in [-0.2, -0.15) is 0 Å². The second kappa shape index (κ2) is 6.35. The molecular formula is C13H19N3O2. The van der Waals surface area contributed by atoms with Crippen molar-refractivity contribution in [3.8, 4) is 0 Å². The van der Waals surface area contributed by atoms with E-state index in [0.717, 1.165) is 31.7 Å². The first-order chi connectivity index (χ1) is 8.74. The molecule has 0 atom stereocenters. The van der Waals surface area contributed by atoms with Crippen molar-refractivity contribution in [1.82, 2.24) is 9.88 Å². The zero-order chi connectivity index (χ0) is 12.8. The fourth-order valence-corrected chi connectivity index (χ4v) is 2.21. The number of hydrogen-bond donors (Lipinski definition) is 2. The smallest absolute Gasteiger partial charge is 0.304 e. The number of pyridine rings is 1. The minimum atomic E-state index is -0.719. The number of nitrogens with one attached hydrogen (secondary N) is 1. The van der Waals surface area contributed by atoms with Gasteiger partial charge >= 0.3 is 5.97 Å². The van der Waals surface area contributed by atoms with Gasteiger partial charge in [0.15, 0.2) is 0 Å². The number of carboxylic acids is 1. The Labute approximate surface area is 107 Å². The van der Waals surface area contributed by atoms with Gasteiger partial charge in [-0.1, -0.05) is 6.07 Å². The molecule has 0 aromatic carbocycles. The fraction of sp³-hybridized carbons (Fsp3) is 0.538. The summed E-state index contributed by atoms with van der Waals surface area (Å²) in [5.41, 5.74) is 0. The Morgan fingerprint density at radius 3 is 2.83 bits per heavy atom. The zero-order valence-corrected chi connectivity index (χ0v) is 10.4. The van der Waals surface area contributed by atoms with Crippen LogP contribution in [0.3, 0.4) is 0 Å². The second-order valence-corrected chi connectivity index (χ2v) is 4.62. The molecule has 0 spiro atoms. The summed E-state index contributed by atoms with van der Waals surface area (Å²) < 4.78 is 0. The van der Waals surface area contributed by atoms with Gasteiger partial charge in [0.2, 0.25) is 0 Å². The number of piperidine rings is 1. The van der Waals surface area contributed by atoms with E-state index in [-0.39, 0.29) is 6.42 Å². The topological polar surface area (TPSA) is 65.5 Å². The summed E-state index contributed by atoms with van der Waals surface area (Å²) in [6.45, 7) is 2.57. The molecule has 0 aliphatic carbocycles. The molecular weight excluding hydrogens is 230 g/mol. The van der Waals surface area contributed by atoms with Crippen LogP contribution in [0.4, 0.5) is 5.82 Å². The third-order valence-corrected chi connectivity index (χ3v) is 3.25. The van der Waals surface area contributed by atoms with E-state index >= 15 is 0 Å². The number of carbonyl (C=O) groups is 1. The van der Waals surface area contributed by atoms with Crippen LogP contribution in [0.1, 0.15) is 19.3 Å². The van der Waals surface area contributed by atoms with Crippen molar-refractivity contribution in [1.29, 1.82) is 0 Å². The number of likely N-dealkylation sites (tertiary alicyclic amines) is 1. The molecule has 1 aliphatic rings. The van der Waals surface area contributed by atoms with E-state index in [9.17, 15) is 4.79 Å². The molecule has 0 radical (unpaired) electrons. The lowest BCUT2D eigenvalue weighted by atomic mass is 10.0. The van der Waals surface area contributed by atoms with Crippen LogP contribution >= 0.6 is 0 Å². The Kier molecular flexibility index (Phi) is 4.52. The molecule has 5 nitrogen and oxygen atoms in total. The van der Waals surface area contributed by atoms with Gasteiger partial charge in [-0.05, 0) is 25.0 Å². The summed E-state index contributed by atoms with van der Waals surface area (Å²) in [5, 5.41) is 12.1. The van der Waals surface area contributed by atoms with Crippen LogP contribution in [0.2, 0.25) is 0 Å². The van der Waals surface area contributed by atoms with E-state index < -0.39 is 5.97 Å². The van der Waals surface area contributed by atoms with E-state index in [1.165, 1.54) is 0 Å². The van der Waals surface area contributed by atoms with Gasteiger partial charge in [0.1, 0.15) is 5.82 Å². The molecule has 1 aromatic heterocycles. The van der Waals surface area contributed by atoms with Crippen molar-refractivity contribution < 1.29 is 9.90 Å². The molecule has 5 heteroatoms. The van der Waals surface area contributed by atoms with E-state index in [2.05, 4.69) is 15.2 Å². The summed E-state index contributed by atoms with van der Waals surface area (Å²) in [6, 6.07) is 6.29. The molecule has 1 aliphatic heterocycles. The number of hydrogen-bond acceptors (Lipinski definition) is 4. The third-order valence-electron chi connectivity index (χ3n) is 3.25. The van der Waals surface area contributed by atoms with Crippen molar-refractivity contribution in [2.45, 2.75) is 25.3 Å². The van der Waals surface area contributed by atoms with Crippen LogP contribution in [0.25, 0.3) is 0 Å². The predicted molar refractivity (Wildman–Crippen MR) is 69.6 cm³/mol. The molecule has 1 aromatic rings. The Bertz CT molecular complexity index is 375. The quantitative estimate of drug-likeness (QED) is 0.826. The van der Waals surface area contributed by atoms with Crippen molar-refractivity contribution in [3.63, 3.8) is 0 Å². The average Bonchev–Trinajstić information content (AvgIpc) is 2.39. The van der Waals surface area contributed by atoms with Crippen LogP contribution < -0.4 is 5.32 Å². The maximum absolute atomic E-state index is 10.5. The number of aromatic nitrogens is 1. The summed E-state index contributed by atoms with van der Waals surface area (Å²) in [5.74, 6) is 0.199. The highest BCUT2D eigenvalue weighted by atomic mass is 16.4. The van der Waals surface area contributed by atoms with Crippen LogP contribution in [0.5, 0.6) is 0 Å². The van der Waals surface area contributed by atoms with Crippen molar-refractivity contribution in [2.24, 2.45) is 0 Å². The largest absolute Gasteiger partial charge is 0.481 e.